The number of hydrogen-bond donors (Lipinski definition) is 1. The number of anilines is 1. The molecule has 0 amide bonds. The predicted molar refractivity (Wildman–Crippen MR) is 95.2 cm³/mol. The molecule has 0 aliphatic rings. The lowest BCUT2D eigenvalue weighted by Gasteiger charge is -2.10. The molecular formula is C16H14Br2N2O. The van der Waals surface area contributed by atoms with Gasteiger partial charge in [-0.15, -0.1) is 0 Å². The van der Waals surface area contributed by atoms with E-state index in [9.17, 15) is 0 Å². The van der Waals surface area contributed by atoms with Crippen LogP contribution in [0.25, 0.3) is 0 Å². The van der Waals surface area contributed by atoms with Gasteiger partial charge < -0.3 is 4.74 Å². The molecule has 2 aromatic carbocycles. The topological polar surface area (TPSA) is 33.6 Å². The number of nitrogens with zero attached hydrogens (tertiary/aromatic N) is 1. The first-order valence-electron chi connectivity index (χ1n) is 6.27. The van der Waals surface area contributed by atoms with Gasteiger partial charge in [0.15, 0.2) is 0 Å². The fourth-order valence-electron chi connectivity index (χ4n) is 1.66. The van der Waals surface area contributed by atoms with Crippen molar-refractivity contribution in [1.29, 1.82) is 0 Å². The standard InChI is InChI=1S/C16H14Br2N2O/c1-2-8-21-16-12(9-13(17)10-15(16)18)11-19-20-14-6-4-3-5-7-14/h2-7,9-11,20H,1,8H2. The van der Waals surface area contributed by atoms with Gasteiger partial charge in [-0.3, -0.25) is 5.43 Å². The van der Waals surface area contributed by atoms with Crippen molar-refractivity contribution in [3.8, 4) is 5.75 Å². The molecule has 0 unspecified atom stereocenters. The molecule has 3 nitrogen and oxygen atoms in total. The van der Waals surface area contributed by atoms with E-state index in [-0.39, 0.29) is 0 Å². The summed E-state index contributed by atoms with van der Waals surface area (Å²) in [5, 5.41) is 4.24. The van der Waals surface area contributed by atoms with Gasteiger partial charge in [0, 0.05) is 10.0 Å². The Hall–Kier alpha value is -1.59. The van der Waals surface area contributed by atoms with Crippen molar-refractivity contribution in [1.82, 2.24) is 0 Å². The molecule has 2 rings (SSSR count). The van der Waals surface area contributed by atoms with Gasteiger partial charge in [0.2, 0.25) is 0 Å². The molecule has 0 aliphatic carbocycles. The van der Waals surface area contributed by atoms with Crippen molar-refractivity contribution in [3.63, 3.8) is 0 Å². The third-order valence-electron chi connectivity index (χ3n) is 2.55. The van der Waals surface area contributed by atoms with Gasteiger partial charge in [-0.25, -0.2) is 0 Å². The van der Waals surface area contributed by atoms with Crippen LogP contribution in [0.3, 0.4) is 0 Å². The van der Waals surface area contributed by atoms with E-state index in [1.165, 1.54) is 0 Å². The summed E-state index contributed by atoms with van der Waals surface area (Å²) >= 11 is 6.96. The van der Waals surface area contributed by atoms with E-state index in [4.69, 9.17) is 4.74 Å². The number of hydrogen-bond acceptors (Lipinski definition) is 3. The summed E-state index contributed by atoms with van der Waals surface area (Å²) < 4.78 is 7.48. The van der Waals surface area contributed by atoms with Crippen LogP contribution in [-0.2, 0) is 0 Å². The minimum Gasteiger partial charge on any atom is -0.488 e. The van der Waals surface area contributed by atoms with Crippen LogP contribution in [-0.4, -0.2) is 12.8 Å². The Balaban J connectivity index is 2.19. The maximum absolute atomic E-state index is 5.67. The Bertz CT molecular complexity index is 642. The third kappa shape index (κ3) is 4.72. The maximum atomic E-state index is 5.67. The van der Waals surface area contributed by atoms with Crippen LogP contribution in [0.1, 0.15) is 5.56 Å². The summed E-state index contributed by atoms with van der Waals surface area (Å²) in [6, 6.07) is 13.6. The van der Waals surface area contributed by atoms with Gasteiger partial charge in [0.25, 0.3) is 0 Å². The molecule has 0 radical (unpaired) electrons. The first-order chi connectivity index (χ1) is 10.2. The second-order valence-electron chi connectivity index (χ2n) is 4.14. The molecule has 108 valence electrons. The summed E-state index contributed by atoms with van der Waals surface area (Å²) in [4.78, 5) is 0. The molecule has 0 saturated carbocycles. The lowest BCUT2D eigenvalue weighted by Crippen LogP contribution is -1.99. The quantitative estimate of drug-likeness (QED) is 0.403. The normalized spacial score (nSPS) is 10.6. The van der Waals surface area contributed by atoms with Gasteiger partial charge in [-0.2, -0.15) is 5.10 Å². The maximum Gasteiger partial charge on any atom is 0.142 e. The minimum atomic E-state index is 0.438. The largest absolute Gasteiger partial charge is 0.488 e. The Morgan fingerprint density at radius 2 is 1.95 bits per heavy atom. The number of hydrazone groups is 1. The zero-order valence-corrected chi connectivity index (χ0v) is 14.4. The highest BCUT2D eigenvalue weighted by Crippen LogP contribution is 2.32. The Morgan fingerprint density at radius 3 is 2.67 bits per heavy atom. The first kappa shape index (κ1) is 15.8. The highest BCUT2D eigenvalue weighted by Gasteiger charge is 2.08. The van der Waals surface area contributed by atoms with Crippen LogP contribution in [0.4, 0.5) is 5.69 Å². The fourth-order valence-corrected chi connectivity index (χ4v) is 3.03. The summed E-state index contributed by atoms with van der Waals surface area (Å²) in [6.07, 6.45) is 3.43. The highest BCUT2D eigenvalue weighted by molar-refractivity contribution is 9.11. The van der Waals surface area contributed by atoms with E-state index in [1.54, 1.807) is 12.3 Å². The average Bonchev–Trinajstić information content (AvgIpc) is 2.47. The molecule has 21 heavy (non-hydrogen) atoms. The first-order valence-corrected chi connectivity index (χ1v) is 7.86. The van der Waals surface area contributed by atoms with Gasteiger partial charge in [-0.1, -0.05) is 46.8 Å². The van der Waals surface area contributed by atoms with Gasteiger partial charge in [0.1, 0.15) is 12.4 Å². The average molecular weight is 410 g/mol. The van der Waals surface area contributed by atoms with Crippen molar-refractivity contribution in [2.45, 2.75) is 0 Å². The highest BCUT2D eigenvalue weighted by atomic mass is 79.9. The molecule has 0 spiro atoms. The molecular weight excluding hydrogens is 396 g/mol. The predicted octanol–water partition coefficient (Wildman–Crippen LogP) is 5.22. The molecule has 0 saturated heterocycles. The van der Waals surface area contributed by atoms with Gasteiger partial charge >= 0.3 is 0 Å². The molecule has 5 heteroatoms. The van der Waals surface area contributed by atoms with Crippen LogP contribution in [0.15, 0.2) is 69.2 Å². The van der Waals surface area contributed by atoms with Crippen molar-refractivity contribution < 1.29 is 4.74 Å². The van der Waals surface area contributed by atoms with Gasteiger partial charge in [0.05, 0.1) is 16.4 Å². The van der Waals surface area contributed by atoms with Gasteiger partial charge in [-0.05, 0) is 40.2 Å². The van der Waals surface area contributed by atoms with E-state index in [2.05, 4.69) is 49.0 Å². The summed E-state index contributed by atoms with van der Waals surface area (Å²) in [7, 11) is 0. The summed E-state index contributed by atoms with van der Waals surface area (Å²) in [5.41, 5.74) is 4.77. The molecule has 0 heterocycles. The lowest BCUT2D eigenvalue weighted by molar-refractivity contribution is 0.360. The molecule has 0 aromatic heterocycles. The number of ether oxygens (including phenoxy) is 1. The van der Waals surface area contributed by atoms with Crippen molar-refractivity contribution >= 4 is 43.8 Å². The molecule has 1 N–H and O–H groups in total. The molecule has 2 aromatic rings. The third-order valence-corrected chi connectivity index (χ3v) is 3.60. The molecule has 0 bridgehead atoms. The second-order valence-corrected chi connectivity index (χ2v) is 5.91. The molecule has 0 aliphatic heterocycles. The molecule has 0 atom stereocenters. The minimum absolute atomic E-state index is 0.438. The van der Waals surface area contributed by atoms with Crippen LogP contribution in [0.2, 0.25) is 0 Å². The van der Waals surface area contributed by atoms with Crippen molar-refractivity contribution in [3.05, 3.63) is 69.6 Å². The number of halogens is 2. The van der Waals surface area contributed by atoms with E-state index >= 15 is 0 Å². The second kappa shape index (κ2) is 8.00. The smallest absolute Gasteiger partial charge is 0.142 e. The Labute approximate surface area is 141 Å². The van der Waals surface area contributed by atoms with Crippen LogP contribution in [0.5, 0.6) is 5.75 Å². The number of nitrogens with one attached hydrogen (secondary N) is 1. The Morgan fingerprint density at radius 1 is 1.19 bits per heavy atom. The summed E-state index contributed by atoms with van der Waals surface area (Å²) in [6.45, 7) is 4.10. The number of benzene rings is 2. The van der Waals surface area contributed by atoms with Crippen molar-refractivity contribution in [2.24, 2.45) is 5.10 Å². The molecule has 0 fully saturated rings. The van der Waals surface area contributed by atoms with E-state index in [0.29, 0.717) is 6.61 Å². The lowest BCUT2D eigenvalue weighted by atomic mass is 10.2. The Kier molecular flexibility index (Phi) is 6.02. The fraction of sp³-hybridized carbons (Fsp3) is 0.0625. The zero-order chi connectivity index (χ0) is 15.1. The van der Waals surface area contributed by atoms with Crippen LogP contribution >= 0.6 is 31.9 Å². The van der Waals surface area contributed by atoms with E-state index < -0.39 is 0 Å². The number of para-hydroxylation sites is 1. The SMILES string of the molecule is C=CCOc1c(Br)cc(Br)cc1C=NNc1ccccc1. The van der Waals surface area contributed by atoms with E-state index in [1.807, 2.05) is 42.5 Å². The van der Waals surface area contributed by atoms with Crippen molar-refractivity contribution in [2.75, 3.05) is 12.0 Å². The monoisotopic (exact) mass is 408 g/mol. The van der Waals surface area contributed by atoms with E-state index in [0.717, 1.165) is 25.9 Å². The van der Waals surface area contributed by atoms with Crippen LogP contribution < -0.4 is 10.2 Å². The summed E-state index contributed by atoms with van der Waals surface area (Å²) in [5.74, 6) is 0.733. The zero-order valence-electron chi connectivity index (χ0n) is 11.2. The number of rotatable bonds is 6. The van der Waals surface area contributed by atoms with Crippen LogP contribution in [0, 0.1) is 0 Å².